The summed E-state index contributed by atoms with van der Waals surface area (Å²) in [6.07, 6.45) is 2.49. The molecule has 4 aromatic rings. The Morgan fingerprint density at radius 3 is 2.67 bits per heavy atom. The molecule has 0 bridgehead atoms. The topological polar surface area (TPSA) is 73.8 Å². The van der Waals surface area contributed by atoms with Crippen molar-refractivity contribution in [1.82, 2.24) is 4.40 Å². The zero-order valence-corrected chi connectivity index (χ0v) is 17.8. The van der Waals surface area contributed by atoms with Crippen LogP contribution < -0.4 is 11.3 Å². The lowest BCUT2D eigenvalue weighted by molar-refractivity contribution is 0.0474. The predicted molar refractivity (Wildman–Crippen MR) is 122 cm³/mol. The van der Waals surface area contributed by atoms with Crippen LogP contribution in [0, 0.1) is 5.92 Å². The Morgan fingerprint density at radius 1 is 1.17 bits per heavy atom. The van der Waals surface area contributed by atoms with Gasteiger partial charge in [-0.2, -0.15) is 0 Å². The lowest BCUT2D eigenvalue weighted by atomic mass is 10.0. The van der Waals surface area contributed by atoms with Gasteiger partial charge in [-0.3, -0.25) is 9.20 Å². The van der Waals surface area contributed by atoms with E-state index >= 15 is 0 Å². The first-order valence-corrected chi connectivity index (χ1v) is 10.9. The number of esters is 1. The van der Waals surface area contributed by atoms with Crippen molar-refractivity contribution in [2.45, 2.75) is 26.3 Å². The van der Waals surface area contributed by atoms with Crippen molar-refractivity contribution in [3.63, 3.8) is 0 Å². The highest BCUT2D eigenvalue weighted by molar-refractivity contribution is 7.18. The normalized spacial score (nSPS) is 12.5. The molecule has 3 heterocycles. The molecule has 154 valence electrons. The molecule has 0 aliphatic carbocycles. The molecule has 4 rings (SSSR count). The molecule has 0 saturated heterocycles. The largest absolute Gasteiger partial charge is 0.460 e. The second-order valence-corrected chi connectivity index (χ2v) is 8.79. The minimum absolute atomic E-state index is 0.142. The summed E-state index contributed by atoms with van der Waals surface area (Å²) in [6, 6.07) is 14.7. The standard InChI is InChI=1S/C24H24N2O3S/c1-15(2)12-18(25)14-29-24(28)20-13-19(16-6-4-3-5-7-16)23(27)26-10-8-17-9-11-30-22(17)21(20)26/h3-11,13,15,18H,12,14,25H2,1-2H3/t18-/m0/s1. The number of aromatic nitrogens is 1. The minimum atomic E-state index is -0.468. The van der Waals surface area contributed by atoms with Crippen LogP contribution in [0.15, 0.2) is 64.9 Å². The maximum Gasteiger partial charge on any atom is 0.340 e. The number of carbonyl (C=O) groups excluding carboxylic acids is 1. The predicted octanol–water partition coefficient (Wildman–Crippen LogP) is 4.71. The first-order valence-electron chi connectivity index (χ1n) is 9.99. The van der Waals surface area contributed by atoms with Crippen LogP contribution in [-0.2, 0) is 4.74 Å². The molecular weight excluding hydrogens is 396 g/mol. The van der Waals surface area contributed by atoms with E-state index in [2.05, 4.69) is 13.8 Å². The van der Waals surface area contributed by atoms with Gasteiger partial charge in [0, 0.05) is 17.8 Å². The Balaban J connectivity index is 1.86. The summed E-state index contributed by atoms with van der Waals surface area (Å²) in [7, 11) is 0. The Labute approximate surface area is 178 Å². The molecule has 0 unspecified atom stereocenters. The number of hydrogen-bond acceptors (Lipinski definition) is 5. The molecule has 5 nitrogen and oxygen atoms in total. The second-order valence-electron chi connectivity index (χ2n) is 7.87. The van der Waals surface area contributed by atoms with Crippen molar-refractivity contribution in [1.29, 1.82) is 0 Å². The lowest BCUT2D eigenvalue weighted by Gasteiger charge is -2.16. The highest BCUT2D eigenvalue weighted by atomic mass is 32.1. The van der Waals surface area contributed by atoms with Gasteiger partial charge in [0.1, 0.15) is 6.61 Å². The molecule has 0 amide bonds. The van der Waals surface area contributed by atoms with Gasteiger partial charge in [0.05, 0.1) is 15.8 Å². The molecule has 0 aliphatic heterocycles. The highest BCUT2D eigenvalue weighted by Gasteiger charge is 2.21. The van der Waals surface area contributed by atoms with E-state index in [-0.39, 0.29) is 18.2 Å². The average molecular weight is 421 g/mol. The molecule has 1 aromatic carbocycles. The summed E-state index contributed by atoms with van der Waals surface area (Å²) in [5, 5.41) is 2.94. The molecule has 0 fully saturated rings. The Kier molecular flexibility index (Phi) is 5.70. The van der Waals surface area contributed by atoms with Crippen LogP contribution in [0.2, 0.25) is 0 Å². The van der Waals surface area contributed by atoms with E-state index in [1.54, 1.807) is 16.7 Å². The van der Waals surface area contributed by atoms with Gasteiger partial charge < -0.3 is 10.5 Å². The molecule has 6 heteroatoms. The second kappa shape index (κ2) is 8.42. The molecule has 0 radical (unpaired) electrons. The summed E-state index contributed by atoms with van der Waals surface area (Å²) in [5.74, 6) is -0.0463. The quantitative estimate of drug-likeness (QED) is 0.459. The van der Waals surface area contributed by atoms with Gasteiger partial charge in [-0.05, 0) is 46.9 Å². The van der Waals surface area contributed by atoms with Crippen molar-refractivity contribution in [2.24, 2.45) is 11.7 Å². The number of fused-ring (bicyclic) bond motifs is 3. The monoisotopic (exact) mass is 420 g/mol. The van der Waals surface area contributed by atoms with E-state index in [4.69, 9.17) is 10.5 Å². The number of pyridine rings is 2. The number of benzene rings is 1. The van der Waals surface area contributed by atoms with E-state index in [1.165, 1.54) is 11.3 Å². The maximum absolute atomic E-state index is 13.3. The van der Waals surface area contributed by atoms with E-state index in [0.29, 0.717) is 22.6 Å². The first-order chi connectivity index (χ1) is 14.5. The van der Waals surface area contributed by atoms with Crippen molar-refractivity contribution in [2.75, 3.05) is 6.61 Å². The fourth-order valence-corrected chi connectivity index (χ4v) is 4.66. The first kappa shape index (κ1) is 20.3. The van der Waals surface area contributed by atoms with Crippen LogP contribution in [0.3, 0.4) is 0 Å². The molecule has 1 atom stereocenters. The van der Waals surface area contributed by atoms with Gasteiger partial charge in [-0.15, -0.1) is 11.3 Å². The fraction of sp³-hybridized carbons (Fsp3) is 0.250. The molecule has 2 N–H and O–H groups in total. The summed E-state index contributed by atoms with van der Waals surface area (Å²) in [6.45, 7) is 4.31. The molecule has 0 spiro atoms. The van der Waals surface area contributed by atoms with Crippen molar-refractivity contribution in [3.05, 3.63) is 76.0 Å². The number of ether oxygens (including phenoxy) is 1. The maximum atomic E-state index is 13.3. The van der Waals surface area contributed by atoms with Gasteiger partial charge in [-0.1, -0.05) is 44.2 Å². The number of thiophene rings is 1. The fourth-order valence-electron chi connectivity index (χ4n) is 3.72. The SMILES string of the molecule is CC(C)C[C@H](N)COC(=O)c1cc(-c2ccccc2)c(=O)n2ccc3ccsc3c12. The van der Waals surface area contributed by atoms with Gasteiger partial charge in [-0.25, -0.2) is 4.79 Å². The number of rotatable bonds is 6. The lowest BCUT2D eigenvalue weighted by Crippen LogP contribution is -2.29. The van der Waals surface area contributed by atoms with Crippen LogP contribution >= 0.6 is 11.3 Å². The Hall–Kier alpha value is -2.96. The Bertz CT molecular complexity index is 1260. The average Bonchev–Trinajstić information content (AvgIpc) is 3.21. The van der Waals surface area contributed by atoms with Crippen LogP contribution in [0.25, 0.3) is 26.7 Å². The Morgan fingerprint density at radius 2 is 1.93 bits per heavy atom. The molecule has 30 heavy (non-hydrogen) atoms. The van der Waals surface area contributed by atoms with Crippen LogP contribution in [-0.4, -0.2) is 23.0 Å². The third kappa shape index (κ3) is 3.88. The third-order valence-electron chi connectivity index (χ3n) is 5.06. The van der Waals surface area contributed by atoms with Crippen molar-refractivity contribution in [3.8, 4) is 11.1 Å². The van der Waals surface area contributed by atoms with Gasteiger partial charge in [0.15, 0.2) is 0 Å². The zero-order chi connectivity index (χ0) is 21.3. The summed E-state index contributed by atoms with van der Waals surface area (Å²) < 4.78 is 8.01. The van der Waals surface area contributed by atoms with E-state index in [1.807, 2.05) is 47.8 Å². The van der Waals surface area contributed by atoms with Gasteiger partial charge in [0.25, 0.3) is 5.56 Å². The van der Waals surface area contributed by atoms with Crippen molar-refractivity contribution < 1.29 is 9.53 Å². The smallest absolute Gasteiger partial charge is 0.340 e. The van der Waals surface area contributed by atoms with E-state index < -0.39 is 5.97 Å². The third-order valence-corrected chi connectivity index (χ3v) is 5.99. The van der Waals surface area contributed by atoms with Gasteiger partial charge >= 0.3 is 5.97 Å². The molecular formula is C24H24N2O3S. The highest BCUT2D eigenvalue weighted by Crippen LogP contribution is 2.29. The summed E-state index contributed by atoms with van der Waals surface area (Å²) in [5.41, 5.74) is 8.11. The van der Waals surface area contributed by atoms with Crippen LogP contribution in [0.1, 0.15) is 30.6 Å². The number of nitrogens with two attached hydrogens (primary N) is 1. The number of hydrogen-bond donors (Lipinski definition) is 1. The minimum Gasteiger partial charge on any atom is -0.460 e. The van der Waals surface area contributed by atoms with Crippen molar-refractivity contribution >= 4 is 32.9 Å². The molecule has 0 saturated carbocycles. The molecule has 3 aromatic heterocycles. The zero-order valence-electron chi connectivity index (χ0n) is 17.0. The summed E-state index contributed by atoms with van der Waals surface area (Å²) in [4.78, 5) is 26.4. The summed E-state index contributed by atoms with van der Waals surface area (Å²) >= 11 is 1.50. The molecule has 0 aliphatic rings. The van der Waals surface area contributed by atoms with Crippen LogP contribution in [0.4, 0.5) is 0 Å². The van der Waals surface area contributed by atoms with Gasteiger partial charge in [0.2, 0.25) is 0 Å². The van der Waals surface area contributed by atoms with E-state index in [0.717, 1.165) is 22.1 Å². The number of carbonyl (C=O) groups is 1. The van der Waals surface area contributed by atoms with Crippen LogP contribution in [0.5, 0.6) is 0 Å². The van der Waals surface area contributed by atoms with E-state index in [9.17, 15) is 9.59 Å². The number of nitrogens with zero attached hydrogens (tertiary/aromatic N) is 1.